The van der Waals surface area contributed by atoms with Crippen molar-refractivity contribution in [3.63, 3.8) is 0 Å². The van der Waals surface area contributed by atoms with Crippen molar-refractivity contribution in [1.82, 2.24) is 9.62 Å². The SMILES string of the molecule is COc1ccc(Br)cc1S(=O)(=O)NC1CN2CCC1CC2. The average molecular weight is 375 g/mol. The Morgan fingerprint density at radius 2 is 2.05 bits per heavy atom. The van der Waals surface area contributed by atoms with Crippen LogP contribution in [0.1, 0.15) is 12.8 Å². The van der Waals surface area contributed by atoms with Gasteiger partial charge in [-0.3, -0.25) is 0 Å². The molecular weight excluding hydrogens is 356 g/mol. The highest BCUT2D eigenvalue weighted by Crippen LogP contribution is 2.31. The van der Waals surface area contributed by atoms with Crippen molar-refractivity contribution >= 4 is 26.0 Å². The summed E-state index contributed by atoms with van der Waals surface area (Å²) in [7, 11) is -2.10. The van der Waals surface area contributed by atoms with E-state index in [9.17, 15) is 8.42 Å². The quantitative estimate of drug-likeness (QED) is 0.873. The van der Waals surface area contributed by atoms with Crippen LogP contribution in [0, 0.1) is 5.92 Å². The number of rotatable bonds is 4. The van der Waals surface area contributed by atoms with Gasteiger partial charge in [-0.25, -0.2) is 13.1 Å². The summed E-state index contributed by atoms with van der Waals surface area (Å²) in [6, 6.07) is 5.02. The first-order valence-electron chi connectivity index (χ1n) is 7.08. The summed E-state index contributed by atoms with van der Waals surface area (Å²) in [5.74, 6) is 0.815. The van der Waals surface area contributed by atoms with Crippen LogP contribution < -0.4 is 9.46 Å². The molecule has 21 heavy (non-hydrogen) atoms. The lowest BCUT2D eigenvalue weighted by molar-refractivity contribution is 0.0827. The van der Waals surface area contributed by atoms with Crippen LogP contribution in [0.2, 0.25) is 0 Å². The van der Waals surface area contributed by atoms with E-state index in [1.807, 2.05) is 0 Å². The first-order valence-corrected chi connectivity index (χ1v) is 9.35. The Kier molecular flexibility index (Phi) is 4.27. The first-order chi connectivity index (χ1) is 9.99. The van der Waals surface area contributed by atoms with Crippen LogP contribution in [0.5, 0.6) is 5.75 Å². The van der Waals surface area contributed by atoms with E-state index < -0.39 is 10.0 Å². The van der Waals surface area contributed by atoms with Gasteiger partial charge in [0.05, 0.1) is 7.11 Å². The fraction of sp³-hybridized carbons (Fsp3) is 0.571. The lowest BCUT2D eigenvalue weighted by Crippen LogP contribution is -2.57. The smallest absolute Gasteiger partial charge is 0.244 e. The molecule has 1 unspecified atom stereocenters. The second-order valence-corrected chi connectivity index (χ2v) is 8.26. The minimum absolute atomic E-state index is 0.00110. The minimum Gasteiger partial charge on any atom is -0.495 e. The Morgan fingerprint density at radius 3 is 2.62 bits per heavy atom. The normalized spacial score (nSPS) is 28.6. The van der Waals surface area contributed by atoms with Gasteiger partial charge in [0, 0.05) is 17.1 Å². The molecule has 1 atom stereocenters. The summed E-state index contributed by atoms with van der Waals surface area (Å²) < 4.78 is 34.1. The number of fused-ring (bicyclic) bond motifs is 3. The third-order valence-electron chi connectivity index (χ3n) is 4.38. The lowest BCUT2D eigenvalue weighted by atomic mass is 9.85. The van der Waals surface area contributed by atoms with E-state index in [2.05, 4.69) is 25.6 Å². The zero-order chi connectivity index (χ0) is 15.0. The number of piperidine rings is 3. The van der Waals surface area contributed by atoms with Crippen molar-refractivity contribution in [3.8, 4) is 5.75 Å². The van der Waals surface area contributed by atoms with Gasteiger partial charge in [0.25, 0.3) is 0 Å². The van der Waals surface area contributed by atoms with Crippen LogP contribution in [0.15, 0.2) is 27.6 Å². The molecular formula is C14H19BrN2O3S. The van der Waals surface area contributed by atoms with Crippen molar-refractivity contribution in [3.05, 3.63) is 22.7 Å². The molecule has 3 aliphatic heterocycles. The van der Waals surface area contributed by atoms with Crippen molar-refractivity contribution in [2.75, 3.05) is 26.7 Å². The van der Waals surface area contributed by atoms with Gasteiger partial charge in [0.15, 0.2) is 0 Å². The molecule has 1 aromatic carbocycles. The van der Waals surface area contributed by atoms with E-state index in [1.165, 1.54) is 7.11 Å². The van der Waals surface area contributed by atoms with Gasteiger partial charge in [-0.05, 0) is 50.0 Å². The molecule has 0 aliphatic carbocycles. The van der Waals surface area contributed by atoms with Crippen LogP contribution in [0.4, 0.5) is 0 Å². The van der Waals surface area contributed by atoms with E-state index in [0.717, 1.165) is 36.9 Å². The van der Waals surface area contributed by atoms with Crippen LogP contribution in [-0.2, 0) is 10.0 Å². The number of hydrogen-bond donors (Lipinski definition) is 1. The maximum atomic E-state index is 12.7. The molecule has 2 bridgehead atoms. The van der Waals surface area contributed by atoms with Gasteiger partial charge in [0.1, 0.15) is 10.6 Å². The Bertz CT molecular complexity index is 627. The summed E-state index contributed by atoms with van der Waals surface area (Å²) in [5.41, 5.74) is 0. The molecule has 0 spiro atoms. The van der Waals surface area contributed by atoms with E-state index in [1.54, 1.807) is 18.2 Å². The number of hydrogen-bond acceptors (Lipinski definition) is 4. The van der Waals surface area contributed by atoms with Gasteiger partial charge in [-0.15, -0.1) is 0 Å². The molecule has 1 N–H and O–H groups in total. The number of nitrogens with zero attached hydrogens (tertiary/aromatic N) is 1. The number of nitrogens with one attached hydrogen (secondary N) is 1. The lowest BCUT2D eigenvalue weighted by Gasteiger charge is -2.44. The number of halogens is 1. The fourth-order valence-electron chi connectivity index (χ4n) is 3.22. The van der Waals surface area contributed by atoms with Crippen LogP contribution in [0.25, 0.3) is 0 Å². The van der Waals surface area contributed by atoms with Crippen LogP contribution in [0.3, 0.4) is 0 Å². The molecule has 3 heterocycles. The standard InChI is InChI=1S/C14H19BrN2O3S/c1-20-13-3-2-11(15)8-14(13)21(18,19)16-12-9-17-6-4-10(12)5-7-17/h2-3,8,10,12,16H,4-7,9H2,1H3. The second kappa shape index (κ2) is 5.87. The summed E-state index contributed by atoms with van der Waals surface area (Å²) in [4.78, 5) is 2.52. The second-order valence-electron chi connectivity index (χ2n) is 5.66. The molecule has 4 rings (SSSR count). The topological polar surface area (TPSA) is 58.6 Å². The van der Waals surface area contributed by atoms with Crippen molar-refractivity contribution < 1.29 is 13.2 Å². The Morgan fingerprint density at radius 1 is 1.33 bits per heavy atom. The monoisotopic (exact) mass is 374 g/mol. The van der Waals surface area contributed by atoms with Gasteiger partial charge >= 0.3 is 0 Å². The predicted octanol–water partition coefficient (Wildman–Crippen LogP) is 1.83. The summed E-state index contributed by atoms with van der Waals surface area (Å²) in [5, 5.41) is 0. The highest BCUT2D eigenvalue weighted by atomic mass is 79.9. The molecule has 1 aromatic rings. The molecule has 3 saturated heterocycles. The molecule has 3 aliphatic rings. The zero-order valence-electron chi connectivity index (χ0n) is 11.9. The van der Waals surface area contributed by atoms with E-state index in [-0.39, 0.29) is 10.9 Å². The maximum Gasteiger partial charge on any atom is 0.244 e. The Labute approximate surface area is 133 Å². The van der Waals surface area contributed by atoms with Gasteiger partial charge in [-0.1, -0.05) is 15.9 Å². The molecule has 0 aromatic heterocycles. The van der Waals surface area contributed by atoms with Gasteiger partial charge in [0.2, 0.25) is 10.0 Å². The molecule has 0 radical (unpaired) electrons. The largest absolute Gasteiger partial charge is 0.495 e. The van der Waals surface area contributed by atoms with Crippen LogP contribution >= 0.6 is 15.9 Å². The highest BCUT2D eigenvalue weighted by molar-refractivity contribution is 9.10. The van der Waals surface area contributed by atoms with Crippen molar-refractivity contribution in [2.24, 2.45) is 5.92 Å². The first kappa shape index (κ1) is 15.3. The molecule has 7 heteroatoms. The Balaban J connectivity index is 1.86. The molecule has 0 amide bonds. The maximum absolute atomic E-state index is 12.7. The van der Waals surface area contributed by atoms with Crippen molar-refractivity contribution in [2.45, 2.75) is 23.8 Å². The fourth-order valence-corrected chi connectivity index (χ4v) is 5.23. The number of benzene rings is 1. The minimum atomic E-state index is -3.58. The average Bonchev–Trinajstić information content (AvgIpc) is 2.48. The van der Waals surface area contributed by atoms with E-state index in [4.69, 9.17) is 4.74 Å². The van der Waals surface area contributed by atoms with E-state index in [0.29, 0.717) is 11.7 Å². The number of methoxy groups -OCH3 is 1. The molecule has 3 fully saturated rings. The predicted molar refractivity (Wildman–Crippen MR) is 84.0 cm³/mol. The zero-order valence-corrected chi connectivity index (χ0v) is 14.3. The molecule has 0 saturated carbocycles. The van der Waals surface area contributed by atoms with Gasteiger partial charge in [-0.2, -0.15) is 0 Å². The van der Waals surface area contributed by atoms with E-state index >= 15 is 0 Å². The number of ether oxygens (including phenoxy) is 1. The third kappa shape index (κ3) is 3.11. The third-order valence-corrected chi connectivity index (χ3v) is 6.38. The molecule has 116 valence electrons. The number of sulfonamides is 1. The molecule has 5 nitrogen and oxygen atoms in total. The highest BCUT2D eigenvalue weighted by Gasteiger charge is 2.37. The summed E-state index contributed by atoms with van der Waals surface area (Å²) in [6.45, 7) is 2.98. The summed E-state index contributed by atoms with van der Waals surface area (Å²) >= 11 is 3.32. The summed E-state index contributed by atoms with van der Waals surface area (Å²) in [6.07, 6.45) is 2.14. The van der Waals surface area contributed by atoms with Gasteiger partial charge < -0.3 is 9.64 Å². The van der Waals surface area contributed by atoms with Crippen LogP contribution in [-0.4, -0.2) is 46.1 Å². The van der Waals surface area contributed by atoms with Crippen molar-refractivity contribution in [1.29, 1.82) is 0 Å². The Hall–Kier alpha value is -0.630.